The van der Waals surface area contributed by atoms with Crippen LogP contribution in [-0.4, -0.2) is 26.4 Å². The number of fused-ring (bicyclic) bond motifs is 3. The maximum atomic E-state index is 12.3. The van der Waals surface area contributed by atoms with E-state index in [1.165, 1.54) is 59.3 Å². The molecule has 27 heavy (non-hydrogen) atoms. The number of nitrogen functional groups attached to an aromatic ring is 1. The van der Waals surface area contributed by atoms with Gasteiger partial charge < -0.3 is 5.73 Å². The van der Waals surface area contributed by atoms with Gasteiger partial charge in [0.2, 0.25) is 0 Å². The molecule has 1 aromatic carbocycles. The second-order valence-corrected chi connectivity index (χ2v) is 8.32. The van der Waals surface area contributed by atoms with E-state index in [4.69, 9.17) is 5.73 Å². The fraction of sp³-hybridized carbons (Fsp3) is 0.278. The molecule has 0 radical (unpaired) electrons. The number of Topliss-reactive ketones (excluding diaryl/α,β-unsaturated/α-hetero) is 1. The molecule has 2 aromatic heterocycles. The Morgan fingerprint density at radius 3 is 2.70 bits per heavy atom. The number of thioether (sulfide) groups is 1. The van der Waals surface area contributed by atoms with Gasteiger partial charge in [0, 0.05) is 22.6 Å². The Morgan fingerprint density at radius 2 is 1.96 bits per heavy atom. The molecule has 138 valence electrons. The SMILES string of the molecule is Nc1nc(SCC(=O)c2ccc([N+](=O)[O-])cc2)nc2sc3c(c12)CCCC3. The van der Waals surface area contributed by atoms with Crippen LogP contribution in [0.2, 0.25) is 0 Å². The number of nitrogens with two attached hydrogens (primary N) is 1. The number of anilines is 1. The first-order chi connectivity index (χ1) is 13.0. The molecule has 0 unspecified atom stereocenters. The highest BCUT2D eigenvalue weighted by atomic mass is 32.2. The summed E-state index contributed by atoms with van der Waals surface area (Å²) < 4.78 is 0. The molecule has 9 heteroatoms. The first-order valence-corrected chi connectivity index (χ1v) is 10.3. The first kappa shape index (κ1) is 17.9. The second-order valence-electron chi connectivity index (χ2n) is 6.30. The van der Waals surface area contributed by atoms with Crippen LogP contribution in [0.15, 0.2) is 29.4 Å². The van der Waals surface area contributed by atoms with Crippen LogP contribution in [-0.2, 0) is 12.8 Å². The summed E-state index contributed by atoms with van der Waals surface area (Å²) in [6, 6.07) is 5.59. The number of hydrogen-bond acceptors (Lipinski definition) is 8. The van der Waals surface area contributed by atoms with Gasteiger partial charge in [-0.2, -0.15) is 0 Å². The zero-order chi connectivity index (χ0) is 19.0. The number of nitrogens with zero attached hydrogens (tertiary/aromatic N) is 3. The number of nitro benzene ring substituents is 1. The number of benzene rings is 1. The highest BCUT2D eigenvalue weighted by Crippen LogP contribution is 2.38. The molecule has 0 aliphatic heterocycles. The van der Waals surface area contributed by atoms with Crippen LogP contribution in [0.3, 0.4) is 0 Å². The quantitative estimate of drug-likeness (QED) is 0.226. The number of nitro groups is 1. The van der Waals surface area contributed by atoms with E-state index < -0.39 is 4.92 Å². The lowest BCUT2D eigenvalue weighted by Crippen LogP contribution is -2.04. The van der Waals surface area contributed by atoms with Gasteiger partial charge in [0.05, 0.1) is 16.1 Å². The van der Waals surface area contributed by atoms with Gasteiger partial charge in [-0.25, -0.2) is 9.97 Å². The number of aryl methyl sites for hydroxylation is 2. The molecule has 0 saturated carbocycles. The number of thiophene rings is 1. The molecule has 0 saturated heterocycles. The van der Waals surface area contributed by atoms with Crippen molar-refractivity contribution in [1.82, 2.24) is 9.97 Å². The molecule has 2 heterocycles. The summed E-state index contributed by atoms with van der Waals surface area (Å²) in [6.45, 7) is 0. The summed E-state index contributed by atoms with van der Waals surface area (Å²) in [6.07, 6.45) is 4.45. The highest BCUT2D eigenvalue weighted by Gasteiger charge is 2.20. The molecule has 0 bridgehead atoms. The van der Waals surface area contributed by atoms with Crippen LogP contribution in [0.1, 0.15) is 33.6 Å². The van der Waals surface area contributed by atoms with Gasteiger partial charge >= 0.3 is 0 Å². The molecule has 1 aliphatic carbocycles. The number of rotatable bonds is 5. The van der Waals surface area contributed by atoms with Crippen molar-refractivity contribution in [2.24, 2.45) is 0 Å². The molecule has 0 fully saturated rings. The third kappa shape index (κ3) is 3.52. The van der Waals surface area contributed by atoms with Gasteiger partial charge in [-0.15, -0.1) is 11.3 Å². The van der Waals surface area contributed by atoms with E-state index in [2.05, 4.69) is 9.97 Å². The van der Waals surface area contributed by atoms with Crippen LogP contribution in [0.25, 0.3) is 10.2 Å². The zero-order valence-corrected chi connectivity index (χ0v) is 15.9. The Kier molecular flexibility index (Phi) is 4.79. The number of hydrogen-bond donors (Lipinski definition) is 1. The van der Waals surface area contributed by atoms with Gasteiger partial charge in [0.15, 0.2) is 10.9 Å². The summed E-state index contributed by atoms with van der Waals surface area (Å²) in [5.74, 6) is 0.487. The zero-order valence-electron chi connectivity index (χ0n) is 14.3. The summed E-state index contributed by atoms with van der Waals surface area (Å²) in [4.78, 5) is 33.7. The largest absolute Gasteiger partial charge is 0.383 e. The Morgan fingerprint density at radius 1 is 1.22 bits per heavy atom. The average molecular weight is 400 g/mol. The van der Waals surface area contributed by atoms with Crippen LogP contribution in [0, 0.1) is 10.1 Å². The lowest BCUT2D eigenvalue weighted by atomic mass is 9.97. The van der Waals surface area contributed by atoms with E-state index in [1.54, 1.807) is 11.3 Å². The van der Waals surface area contributed by atoms with Gasteiger partial charge in [0.25, 0.3) is 5.69 Å². The van der Waals surface area contributed by atoms with Gasteiger partial charge in [-0.05, 0) is 43.4 Å². The van der Waals surface area contributed by atoms with Crippen molar-refractivity contribution >= 4 is 50.6 Å². The fourth-order valence-corrected chi connectivity index (χ4v) is 5.28. The summed E-state index contributed by atoms with van der Waals surface area (Å²) >= 11 is 2.90. The van der Waals surface area contributed by atoms with Crippen molar-refractivity contribution < 1.29 is 9.72 Å². The predicted molar refractivity (Wildman–Crippen MR) is 107 cm³/mol. The topological polar surface area (TPSA) is 112 Å². The summed E-state index contributed by atoms with van der Waals surface area (Å²) in [5.41, 5.74) is 7.86. The number of carbonyl (C=O) groups excluding carboxylic acids is 1. The minimum atomic E-state index is -0.491. The summed E-state index contributed by atoms with van der Waals surface area (Å²) in [5, 5.41) is 12.1. The van der Waals surface area contributed by atoms with Gasteiger partial charge in [-0.1, -0.05) is 11.8 Å². The molecule has 1 aliphatic rings. The van der Waals surface area contributed by atoms with Crippen molar-refractivity contribution in [2.45, 2.75) is 30.8 Å². The monoisotopic (exact) mass is 400 g/mol. The smallest absolute Gasteiger partial charge is 0.269 e. The maximum Gasteiger partial charge on any atom is 0.269 e. The van der Waals surface area contributed by atoms with Crippen LogP contribution in [0.5, 0.6) is 0 Å². The van der Waals surface area contributed by atoms with Gasteiger partial charge in [0.1, 0.15) is 10.6 Å². The van der Waals surface area contributed by atoms with Crippen LogP contribution >= 0.6 is 23.1 Å². The molecule has 0 spiro atoms. The Bertz CT molecular complexity index is 1050. The minimum Gasteiger partial charge on any atom is -0.383 e. The molecule has 4 rings (SSSR count). The van der Waals surface area contributed by atoms with E-state index in [0.29, 0.717) is 16.5 Å². The number of non-ortho nitro benzene ring substituents is 1. The molecule has 3 aromatic rings. The predicted octanol–water partition coefficient (Wildman–Crippen LogP) is 4.04. The highest BCUT2D eigenvalue weighted by molar-refractivity contribution is 7.99. The Labute approximate surface area is 163 Å². The van der Waals surface area contributed by atoms with Gasteiger partial charge in [-0.3, -0.25) is 14.9 Å². The van der Waals surface area contributed by atoms with E-state index in [0.717, 1.165) is 23.1 Å². The molecular formula is C18H16N4O3S2. The number of aromatic nitrogens is 2. The fourth-order valence-electron chi connectivity index (χ4n) is 3.21. The lowest BCUT2D eigenvalue weighted by Gasteiger charge is -2.10. The van der Waals surface area contributed by atoms with Crippen molar-refractivity contribution in [1.29, 1.82) is 0 Å². The minimum absolute atomic E-state index is 0.0394. The standard InChI is InChI=1S/C18H16N4O3S2/c19-16-15-12-3-1-2-4-14(12)27-17(15)21-18(20-16)26-9-13(23)10-5-7-11(8-6-10)22(24)25/h5-8H,1-4,9H2,(H2,19,20,21). The molecular weight excluding hydrogens is 384 g/mol. The Balaban J connectivity index is 1.51. The normalized spacial score (nSPS) is 13.5. The van der Waals surface area contributed by atoms with Crippen LogP contribution < -0.4 is 5.73 Å². The first-order valence-electron chi connectivity index (χ1n) is 8.51. The van der Waals surface area contributed by atoms with Crippen molar-refractivity contribution in [2.75, 3.05) is 11.5 Å². The number of ketones is 1. The molecule has 0 atom stereocenters. The van der Waals surface area contributed by atoms with Crippen molar-refractivity contribution in [3.05, 3.63) is 50.4 Å². The lowest BCUT2D eigenvalue weighted by molar-refractivity contribution is -0.384. The Hall–Kier alpha value is -2.52. The van der Waals surface area contributed by atoms with Crippen molar-refractivity contribution in [3.8, 4) is 0 Å². The van der Waals surface area contributed by atoms with Crippen LogP contribution in [0.4, 0.5) is 11.5 Å². The molecule has 2 N–H and O–H groups in total. The van der Waals surface area contributed by atoms with E-state index >= 15 is 0 Å². The summed E-state index contributed by atoms with van der Waals surface area (Å²) in [7, 11) is 0. The molecule has 0 amide bonds. The average Bonchev–Trinajstić information content (AvgIpc) is 3.05. The third-order valence-corrected chi connectivity index (χ3v) is 6.59. The third-order valence-electron chi connectivity index (χ3n) is 4.55. The second kappa shape index (κ2) is 7.24. The maximum absolute atomic E-state index is 12.3. The van der Waals surface area contributed by atoms with Crippen molar-refractivity contribution in [3.63, 3.8) is 0 Å². The van der Waals surface area contributed by atoms with E-state index in [9.17, 15) is 14.9 Å². The molecule has 7 nitrogen and oxygen atoms in total. The van der Waals surface area contributed by atoms with E-state index in [-0.39, 0.29) is 17.2 Å². The number of carbonyl (C=O) groups is 1. The van der Waals surface area contributed by atoms with E-state index in [1.807, 2.05) is 0 Å².